The fourth-order valence-corrected chi connectivity index (χ4v) is 2.63. The third-order valence-corrected chi connectivity index (χ3v) is 4.21. The van der Waals surface area contributed by atoms with Gasteiger partial charge in [0.15, 0.2) is 0 Å². The molecule has 0 bridgehead atoms. The topological polar surface area (TPSA) is 97.1 Å². The monoisotopic (exact) mass is 436 g/mol. The lowest BCUT2D eigenvalue weighted by molar-refractivity contribution is -0.137. The van der Waals surface area contributed by atoms with Crippen molar-refractivity contribution in [1.82, 2.24) is 20.1 Å². The van der Waals surface area contributed by atoms with E-state index in [9.17, 15) is 27.2 Å². The van der Waals surface area contributed by atoms with Gasteiger partial charge in [-0.05, 0) is 43.3 Å². The zero-order valence-corrected chi connectivity index (χ0v) is 16.0. The van der Waals surface area contributed by atoms with Crippen molar-refractivity contribution < 1.29 is 27.5 Å². The van der Waals surface area contributed by atoms with E-state index in [1.165, 1.54) is 19.1 Å². The number of nitrogens with zero attached hydrogens (tertiary/aromatic N) is 3. The van der Waals surface area contributed by atoms with Crippen molar-refractivity contribution in [3.8, 4) is 17.1 Å². The van der Waals surface area contributed by atoms with Gasteiger partial charge in [-0.2, -0.15) is 23.0 Å². The first-order valence-corrected chi connectivity index (χ1v) is 8.96. The number of aliphatic hydroxyl groups is 1. The lowest BCUT2D eigenvalue weighted by Gasteiger charge is -2.13. The van der Waals surface area contributed by atoms with Gasteiger partial charge in [0.05, 0.1) is 23.6 Å². The molecule has 0 aliphatic rings. The third kappa shape index (κ3) is 4.94. The molecule has 1 atom stereocenters. The molecular weight excluding hydrogens is 420 g/mol. The fourth-order valence-electron chi connectivity index (χ4n) is 2.63. The summed E-state index contributed by atoms with van der Waals surface area (Å²) >= 11 is 0. The number of halogens is 4. The van der Waals surface area contributed by atoms with Crippen LogP contribution in [0.1, 0.15) is 22.8 Å². The Labute approximate surface area is 173 Å². The van der Waals surface area contributed by atoms with Crippen LogP contribution in [0.15, 0.2) is 53.5 Å². The molecule has 2 aromatic heterocycles. The Bertz CT molecular complexity index is 1160. The molecule has 11 heteroatoms. The van der Waals surface area contributed by atoms with E-state index in [0.717, 1.165) is 35.0 Å². The van der Waals surface area contributed by atoms with Crippen LogP contribution in [0.2, 0.25) is 0 Å². The van der Waals surface area contributed by atoms with Crippen LogP contribution in [0.5, 0.6) is 0 Å². The highest BCUT2D eigenvalue weighted by molar-refractivity contribution is 5.94. The van der Waals surface area contributed by atoms with Crippen molar-refractivity contribution in [2.75, 3.05) is 6.61 Å². The highest BCUT2D eigenvalue weighted by Crippen LogP contribution is 2.29. The van der Waals surface area contributed by atoms with Crippen molar-refractivity contribution in [2.24, 2.45) is 0 Å². The van der Waals surface area contributed by atoms with Gasteiger partial charge < -0.3 is 10.4 Å². The second kappa shape index (κ2) is 8.64. The summed E-state index contributed by atoms with van der Waals surface area (Å²) in [5.74, 6) is -1.50. The predicted octanol–water partition coefficient (Wildman–Crippen LogP) is 2.56. The van der Waals surface area contributed by atoms with Gasteiger partial charge in [-0.15, -0.1) is 0 Å². The summed E-state index contributed by atoms with van der Waals surface area (Å²) in [6.07, 6.45) is -3.99. The molecular formula is C20H16F4N4O3. The molecule has 0 saturated carbocycles. The first-order chi connectivity index (χ1) is 14.6. The van der Waals surface area contributed by atoms with E-state index >= 15 is 0 Å². The Morgan fingerprint density at radius 2 is 1.94 bits per heavy atom. The number of nitrogens with one attached hydrogen (secondary N) is 1. The zero-order valence-electron chi connectivity index (χ0n) is 16.0. The minimum Gasteiger partial charge on any atom is -0.394 e. The Morgan fingerprint density at radius 1 is 1.19 bits per heavy atom. The van der Waals surface area contributed by atoms with E-state index in [0.29, 0.717) is 6.20 Å². The van der Waals surface area contributed by atoms with Crippen LogP contribution in [-0.4, -0.2) is 38.4 Å². The number of carbonyl (C=O) groups is 1. The molecule has 0 radical (unpaired) electrons. The molecule has 2 heterocycles. The number of rotatable bonds is 5. The summed E-state index contributed by atoms with van der Waals surface area (Å²) in [6, 6.07) is 7.10. The van der Waals surface area contributed by atoms with Crippen LogP contribution < -0.4 is 10.9 Å². The number of hydrogen-bond donors (Lipinski definition) is 2. The smallest absolute Gasteiger partial charge is 0.394 e. The van der Waals surface area contributed by atoms with E-state index < -0.39 is 40.6 Å². The molecule has 7 nitrogen and oxygen atoms in total. The van der Waals surface area contributed by atoms with Crippen molar-refractivity contribution in [3.05, 3.63) is 76.0 Å². The average Bonchev–Trinajstić information content (AvgIpc) is 2.73. The van der Waals surface area contributed by atoms with Gasteiger partial charge >= 0.3 is 6.18 Å². The maximum atomic E-state index is 13.7. The maximum absolute atomic E-state index is 13.7. The zero-order chi connectivity index (χ0) is 22.8. The molecule has 0 fully saturated rings. The van der Waals surface area contributed by atoms with Gasteiger partial charge in [0.2, 0.25) is 0 Å². The summed E-state index contributed by atoms with van der Waals surface area (Å²) in [6.45, 7) is 1.12. The number of aromatic nitrogens is 3. The van der Waals surface area contributed by atoms with Crippen molar-refractivity contribution in [3.63, 3.8) is 0 Å². The lowest BCUT2D eigenvalue weighted by atomic mass is 10.1. The Balaban J connectivity index is 2.17. The molecule has 31 heavy (non-hydrogen) atoms. The summed E-state index contributed by atoms with van der Waals surface area (Å²) < 4.78 is 52.9. The van der Waals surface area contributed by atoms with Crippen LogP contribution in [0.4, 0.5) is 17.6 Å². The van der Waals surface area contributed by atoms with Crippen molar-refractivity contribution in [1.29, 1.82) is 0 Å². The van der Waals surface area contributed by atoms with E-state index in [1.54, 1.807) is 0 Å². The van der Waals surface area contributed by atoms with Crippen LogP contribution in [0.3, 0.4) is 0 Å². The molecule has 162 valence electrons. The maximum Gasteiger partial charge on any atom is 0.417 e. The number of benzene rings is 1. The summed E-state index contributed by atoms with van der Waals surface area (Å²) in [5, 5.41) is 15.6. The van der Waals surface area contributed by atoms with E-state index in [2.05, 4.69) is 15.4 Å². The number of pyridine rings is 1. The SMILES string of the molecule is C[C@@H](CO)NC(=O)c1cc(-c2ccc(C(F)(F)F)cn2)nn(-c2cccc(F)c2)c1=O. The van der Waals surface area contributed by atoms with Crippen LogP contribution in [0.25, 0.3) is 17.1 Å². The molecule has 0 unspecified atom stereocenters. The molecule has 1 aromatic carbocycles. The summed E-state index contributed by atoms with van der Waals surface area (Å²) in [7, 11) is 0. The standard InChI is InChI=1S/C20H16F4N4O3/c1-11(10-29)26-18(30)15-8-17(16-6-5-12(9-25-16)20(22,23)24)27-28(19(15)31)14-4-2-3-13(21)7-14/h2-9,11,29H,10H2,1H3,(H,26,30)/t11-/m0/s1. The van der Waals surface area contributed by atoms with Gasteiger partial charge in [0.1, 0.15) is 17.1 Å². The largest absolute Gasteiger partial charge is 0.417 e. The van der Waals surface area contributed by atoms with Gasteiger partial charge in [-0.25, -0.2) is 4.39 Å². The molecule has 3 rings (SSSR count). The van der Waals surface area contributed by atoms with Crippen LogP contribution in [0, 0.1) is 5.82 Å². The number of aliphatic hydroxyl groups excluding tert-OH is 1. The van der Waals surface area contributed by atoms with Gasteiger partial charge in [-0.1, -0.05) is 6.07 Å². The van der Waals surface area contributed by atoms with Crippen LogP contribution >= 0.6 is 0 Å². The van der Waals surface area contributed by atoms with Gasteiger partial charge in [0.25, 0.3) is 11.5 Å². The molecule has 0 aliphatic carbocycles. The van der Waals surface area contributed by atoms with Crippen LogP contribution in [-0.2, 0) is 6.18 Å². The highest BCUT2D eigenvalue weighted by atomic mass is 19.4. The number of amides is 1. The van der Waals surface area contributed by atoms with E-state index in [1.807, 2.05) is 0 Å². The number of carbonyl (C=O) groups excluding carboxylic acids is 1. The summed E-state index contributed by atoms with van der Waals surface area (Å²) in [5.41, 5.74) is -2.39. The predicted molar refractivity (Wildman–Crippen MR) is 102 cm³/mol. The highest BCUT2D eigenvalue weighted by Gasteiger charge is 2.31. The minimum atomic E-state index is -4.59. The van der Waals surface area contributed by atoms with E-state index in [4.69, 9.17) is 5.11 Å². The number of alkyl halides is 3. The summed E-state index contributed by atoms with van der Waals surface area (Å²) in [4.78, 5) is 29.1. The fraction of sp³-hybridized carbons (Fsp3) is 0.200. The van der Waals surface area contributed by atoms with Gasteiger partial charge in [-0.3, -0.25) is 14.6 Å². The second-order valence-corrected chi connectivity index (χ2v) is 6.63. The second-order valence-electron chi connectivity index (χ2n) is 6.63. The molecule has 1 amide bonds. The Hall–Kier alpha value is -3.60. The Morgan fingerprint density at radius 3 is 2.52 bits per heavy atom. The first-order valence-electron chi connectivity index (χ1n) is 8.96. The van der Waals surface area contributed by atoms with Crippen molar-refractivity contribution >= 4 is 5.91 Å². The molecule has 0 saturated heterocycles. The van der Waals surface area contributed by atoms with E-state index in [-0.39, 0.29) is 23.7 Å². The third-order valence-electron chi connectivity index (χ3n) is 4.21. The first kappa shape index (κ1) is 22.1. The molecule has 3 aromatic rings. The molecule has 0 aliphatic heterocycles. The normalized spacial score (nSPS) is 12.5. The minimum absolute atomic E-state index is 0.00279. The quantitative estimate of drug-likeness (QED) is 0.600. The van der Waals surface area contributed by atoms with Crippen molar-refractivity contribution in [2.45, 2.75) is 19.1 Å². The van der Waals surface area contributed by atoms with Gasteiger partial charge in [0, 0.05) is 12.2 Å². The molecule has 0 spiro atoms. The Kier molecular flexibility index (Phi) is 6.16. The average molecular weight is 436 g/mol. The number of hydrogen-bond acceptors (Lipinski definition) is 5. The lowest BCUT2D eigenvalue weighted by Crippen LogP contribution is -2.39. The molecule has 2 N–H and O–H groups in total.